The van der Waals surface area contributed by atoms with Crippen LogP contribution in [0.15, 0.2) is 65.8 Å². The summed E-state index contributed by atoms with van der Waals surface area (Å²) in [5.74, 6) is 2.51. The van der Waals surface area contributed by atoms with Crippen molar-refractivity contribution in [3.63, 3.8) is 0 Å². The third kappa shape index (κ3) is 3.31. The number of fused-ring (bicyclic) bond motifs is 3. The van der Waals surface area contributed by atoms with Crippen molar-refractivity contribution in [2.45, 2.75) is 18.7 Å². The first-order valence-electron chi connectivity index (χ1n) is 10.3. The molecule has 5 rings (SSSR count). The smallest absolute Gasteiger partial charge is 0.217 e. The van der Waals surface area contributed by atoms with Crippen molar-refractivity contribution in [3.8, 4) is 23.0 Å². The molecule has 0 unspecified atom stereocenters. The maximum absolute atomic E-state index is 6.47. The minimum atomic E-state index is -0.491. The van der Waals surface area contributed by atoms with Crippen LogP contribution in [-0.4, -0.2) is 32.0 Å². The summed E-state index contributed by atoms with van der Waals surface area (Å²) in [7, 11) is 4.81. The molecule has 2 heterocycles. The van der Waals surface area contributed by atoms with Crippen molar-refractivity contribution in [2.24, 2.45) is 5.10 Å². The molecule has 2 aliphatic rings. The van der Waals surface area contributed by atoms with Gasteiger partial charge in [0.05, 0.1) is 38.6 Å². The van der Waals surface area contributed by atoms with Gasteiger partial charge in [-0.25, -0.2) is 5.01 Å². The van der Waals surface area contributed by atoms with Crippen LogP contribution in [0.25, 0.3) is 0 Å². The highest BCUT2D eigenvalue weighted by molar-refractivity contribution is 6.30. The maximum atomic E-state index is 6.47. The molecule has 0 spiro atoms. The minimum absolute atomic E-state index is 0.0356. The molecule has 0 aliphatic carbocycles. The number of hydrazone groups is 1. The molecule has 2 aliphatic heterocycles. The zero-order valence-corrected chi connectivity index (χ0v) is 18.8. The van der Waals surface area contributed by atoms with Crippen LogP contribution in [0, 0.1) is 0 Å². The van der Waals surface area contributed by atoms with Gasteiger partial charge in [0.25, 0.3) is 0 Å². The standard InChI is InChI=1S/C25H23ClN2O4/c1-29-22-13-12-18(23(30-2)24(22)31-3)25-28-20(17-6-4-5-7-21(17)32-25)14-19(27-28)15-8-10-16(26)11-9-15/h4-13,20,25H,14H2,1-3H3/t20-,25-/m1/s1. The molecule has 7 heteroatoms. The molecule has 164 valence electrons. The van der Waals surface area contributed by atoms with E-state index in [4.69, 9.17) is 35.6 Å². The number of para-hydroxylation sites is 1. The molecule has 3 aromatic carbocycles. The lowest BCUT2D eigenvalue weighted by Gasteiger charge is -2.38. The van der Waals surface area contributed by atoms with E-state index in [2.05, 4.69) is 6.07 Å². The predicted molar refractivity (Wildman–Crippen MR) is 123 cm³/mol. The average Bonchev–Trinajstić information content (AvgIpc) is 3.28. The Labute approximate surface area is 191 Å². The van der Waals surface area contributed by atoms with Gasteiger partial charge in [-0.15, -0.1) is 0 Å². The van der Waals surface area contributed by atoms with E-state index in [1.54, 1.807) is 21.3 Å². The van der Waals surface area contributed by atoms with Gasteiger partial charge >= 0.3 is 0 Å². The van der Waals surface area contributed by atoms with E-state index in [1.807, 2.05) is 59.6 Å². The molecule has 0 aromatic heterocycles. The molecule has 0 amide bonds. The van der Waals surface area contributed by atoms with Gasteiger partial charge in [-0.1, -0.05) is 41.9 Å². The number of hydrogen-bond donors (Lipinski definition) is 0. The molecular formula is C25H23ClN2O4. The normalized spacial score (nSPS) is 18.9. The van der Waals surface area contributed by atoms with E-state index in [-0.39, 0.29) is 6.04 Å². The van der Waals surface area contributed by atoms with Gasteiger partial charge in [0.1, 0.15) is 5.75 Å². The summed E-state index contributed by atoms with van der Waals surface area (Å²) in [6.07, 6.45) is 0.267. The van der Waals surface area contributed by atoms with Crippen LogP contribution in [0.5, 0.6) is 23.0 Å². The SMILES string of the molecule is COc1ccc([C@H]2Oc3ccccc3[C@H]3CC(c4ccc(Cl)cc4)=NN32)c(OC)c1OC. The molecule has 3 aromatic rings. The number of nitrogens with zero attached hydrogens (tertiary/aromatic N) is 2. The summed E-state index contributed by atoms with van der Waals surface area (Å²) in [5.41, 5.74) is 3.94. The molecule has 0 N–H and O–H groups in total. The summed E-state index contributed by atoms with van der Waals surface area (Å²) >= 11 is 6.09. The fourth-order valence-electron chi connectivity index (χ4n) is 4.38. The van der Waals surface area contributed by atoms with E-state index in [0.717, 1.165) is 34.6 Å². The van der Waals surface area contributed by atoms with Crippen LogP contribution in [0.1, 0.15) is 35.4 Å². The summed E-state index contributed by atoms with van der Waals surface area (Å²) in [6, 6.07) is 19.7. The Morgan fingerprint density at radius 3 is 2.34 bits per heavy atom. The number of ether oxygens (including phenoxy) is 4. The topological polar surface area (TPSA) is 52.5 Å². The summed E-state index contributed by atoms with van der Waals surface area (Å²) < 4.78 is 23.3. The van der Waals surface area contributed by atoms with Crippen LogP contribution in [0.2, 0.25) is 5.02 Å². The van der Waals surface area contributed by atoms with Gasteiger partial charge in [0, 0.05) is 17.0 Å². The Morgan fingerprint density at radius 1 is 0.875 bits per heavy atom. The first-order valence-corrected chi connectivity index (χ1v) is 10.7. The Bertz CT molecular complexity index is 1180. The molecule has 2 atom stereocenters. The third-order valence-corrected chi connectivity index (χ3v) is 6.13. The highest BCUT2D eigenvalue weighted by Gasteiger charge is 2.42. The number of halogens is 1. The van der Waals surface area contributed by atoms with Crippen molar-refractivity contribution in [2.75, 3.05) is 21.3 Å². The van der Waals surface area contributed by atoms with Crippen molar-refractivity contribution in [1.29, 1.82) is 0 Å². The van der Waals surface area contributed by atoms with Gasteiger partial charge < -0.3 is 18.9 Å². The molecule has 0 bridgehead atoms. The van der Waals surface area contributed by atoms with E-state index < -0.39 is 6.23 Å². The lowest BCUT2D eigenvalue weighted by Crippen LogP contribution is -2.34. The molecule has 0 saturated heterocycles. The number of methoxy groups -OCH3 is 3. The zero-order valence-electron chi connectivity index (χ0n) is 18.0. The van der Waals surface area contributed by atoms with Crippen LogP contribution in [-0.2, 0) is 0 Å². The fourth-order valence-corrected chi connectivity index (χ4v) is 4.50. The lowest BCUT2D eigenvalue weighted by atomic mass is 9.96. The van der Waals surface area contributed by atoms with E-state index in [0.29, 0.717) is 22.3 Å². The molecule has 0 fully saturated rings. The van der Waals surface area contributed by atoms with Crippen molar-refractivity contribution < 1.29 is 18.9 Å². The molecular weight excluding hydrogens is 428 g/mol. The van der Waals surface area contributed by atoms with Gasteiger partial charge in [-0.2, -0.15) is 5.10 Å². The predicted octanol–water partition coefficient (Wildman–Crippen LogP) is 5.61. The lowest BCUT2D eigenvalue weighted by molar-refractivity contribution is -0.0205. The van der Waals surface area contributed by atoms with Crippen LogP contribution in [0.4, 0.5) is 0 Å². The van der Waals surface area contributed by atoms with Gasteiger partial charge in [-0.3, -0.25) is 0 Å². The summed E-state index contributed by atoms with van der Waals surface area (Å²) in [4.78, 5) is 0. The summed E-state index contributed by atoms with van der Waals surface area (Å²) in [5, 5.41) is 7.71. The Morgan fingerprint density at radius 2 is 1.62 bits per heavy atom. The van der Waals surface area contributed by atoms with Crippen LogP contribution in [0.3, 0.4) is 0 Å². The monoisotopic (exact) mass is 450 g/mol. The van der Waals surface area contributed by atoms with Gasteiger partial charge in [0.2, 0.25) is 12.0 Å². The fraction of sp³-hybridized carbons (Fsp3) is 0.240. The van der Waals surface area contributed by atoms with Crippen molar-refractivity contribution in [3.05, 3.63) is 82.4 Å². The highest BCUT2D eigenvalue weighted by atomic mass is 35.5. The Kier molecular flexibility index (Phi) is 5.31. The minimum Gasteiger partial charge on any atom is -0.493 e. The van der Waals surface area contributed by atoms with E-state index >= 15 is 0 Å². The first-order chi connectivity index (χ1) is 15.6. The van der Waals surface area contributed by atoms with Crippen molar-refractivity contribution >= 4 is 17.3 Å². The van der Waals surface area contributed by atoms with E-state index in [1.165, 1.54) is 0 Å². The zero-order chi connectivity index (χ0) is 22.2. The Hall–Kier alpha value is -3.38. The molecule has 0 radical (unpaired) electrons. The summed E-state index contributed by atoms with van der Waals surface area (Å²) in [6.45, 7) is 0. The van der Waals surface area contributed by atoms with E-state index in [9.17, 15) is 0 Å². The Balaban J connectivity index is 1.63. The van der Waals surface area contributed by atoms with Crippen LogP contribution >= 0.6 is 11.6 Å². The number of hydrogen-bond acceptors (Lipinski definition) is 6. The molecule has 32 heavy (non-hydrogen) atoms. The van der Waals surface area contributed by atoms with Crippen molar-refractivity contribution in [1.82, 2.24) is 5.01 Å². The average molecular weight is 451 g/mol. The maximum Gasteiger partial charge on any atom is 0.217 e. The quantitative estimate of drug-likeness (QED) is 0.505. The van der Waals surface area contributed by atoms with Gasteiger partial charge in [-0.05, 0) is 35.9 Å². The van der Waals surface area contributed by atoms with Crippen LogP contribution < -0.4 is 18.9 Å². The largest absolute Gasteiger partial charge is 0.493 e. The first kappa shape index (κ1) is 20.5. The number of rotatable bonds is 5. The highest BCUT2D eigenvalue weighted by Crippen LogP contribution is 2.51. The molecule has 0 saturated carbocycles. The third-order valence-electron chi connectivity index (χ3n) is 5.88. The number of benzene rings is 3. The second-order valence-electron chi connectivity index (χ2n) is 7.59. The van der Waals surface area contributed by atoms with Gasteiger partial charge in [0.15, 0.2) is 11.5 Å². The second-order valence-corrected chi connectivity index (χ2v) is 8.02. The molecule has 6 nitrogen and oxygen atoms in total. The second kappa shape index (κ2) is 8.28.